The normalized spacial score (nSPS) is 19.4. The zero-order valence-electron chi connectivity index (χ0n) is 15.8. The number of nitrogens with zero attached hydrogens (tertiary/aromatic N) is 1. The molecule has 2 atom stereocenters. The predicted molar refractivity (Wildman–Crippen MR) is 101 cm³/mol. The van der Waals surface area contributed by atoms with Gasteiger partial charge in [-0.05, 0) is 24.6 Å². The number of pyridine rings is 1. The van der Waals surface area contributed by atoms with Crippen molar-refractivity contribution in [2.24, 2.45) is 5.92 Å². The molecule has 10 heteroatoms. The standard InChI is InChI=1S/C18H20N2O3.C2HF3O2/c21-17-14(7-4-9-19-17)11-20-10-8-15(18(22)23)16(12-20)13-5-2-1-3-6-13;3-2(4,5)1(6)7/h1-7,9,15-16H,8,10-12H2,(H,19,21)(H,22,23);(H,6,7). The van der Waals surface area contributed by atoms with Crippen molar-refractivity contribution in [3.63, 3.8) is 0 Å². The van der Waals surface area contributed by atoms with Crippen molar-refractivity contribution >= 4 is 11.9 Å². The van der Waals surface area contributed by atoms with Crippen LogP contribution in [-0.2, 0) is 16.1 Å². The lowest BCUT2D eigenvalue weighted by molar-refractivity contribution is -0.192. The van der Waals surface area contributed by atoms with Crippen LogP contribution < -0.4 is 5.56 Å². The van der Waals surface area contributed by atoms with Gasteiger partial charge in [0.25, 0.3) is 5.56 Å². The molecule has 2 aromatic rings. The van der Waals surface area contributed by atoms with Crippen LogP contribution in [0.1, 0.15) is 23.5 Å². The number of carboxylic acids is 2. The topological polar surface area (TPSA) is 111 Å². The maximum atomic E-state index is 11.8. The third-order valence-electron chi connectivity index (χ3n) is 4.78. The van der Waals surface area contributed by atoms with Crippen molar-refractivity contribution in [1.29, 1.82) is 0 Å². The van der Waals surface area contributed by atoms with Gasteiger partial charge in [-0.3, -0.25) is 14.5 Å². The number of aliphatic carboxylic acids is 2. The SMILES string of the molecule is O=C(O)C(F)(F)F.O=C(O)C1CCN(Cc2ccc[nH]c2=O)CC1c1ccccc1. The Morgan fingerprint density at radius 1 is 1.10 bits per heavy atom. The molecule has 3 N–H and O–H groups in total. The summed E-state index contributed by atoms with van der Waals surface area (Å²) in [5.41, 5.74) is 1.68. The fourth-order valence-electron chi connectivity index (χ4n) is 3.32. The number of rotatable bonds is 4. The molecule has 2 unspecified atom stereocenters. The molecule has 30 heavy (non-hydrogen) atoms. The van der Waals surface area contributed by atoms with Crippen molar-refractivity contribution in [1.82, 2.24) is 9.88 Å². The van der Waals surface area contributed by atoms with E-state index in [2.05, 4.69) is 9.88 Å². The number of hydrogen-bond acceptors (Lipinski definition) is 4. The van der Waals surface area contributed by atoms with Crippen molar-refractivity contribution < 1.29 is 33.0 Å². The number of H-pyrrole nitrogens is 1. The molecule has 7 nitrogen and oxygen atoms in total. The van der Waals surface area contributed by atoms with Crippen LogP contribution in [0.5, 0.6) is 0 Å². The number of nitrogens with one attached hydrogen (secondary N) is 1. The van der Waals surface area contributed by atoms with Crippen molar-refractivity contribution in [2.45, 2.75) is 25.1 Å². The Morgan fingerprint density at radius 2 is 1.73 bits per heavy atom. The van der Waals surface area contributed by atoms with Crippen molar-refractivity contribution in [2.75, 3.05) is 13.1 Å². The fourth-order valence-corrected chi connectivity index (χ4v) is 3.32. The molecule has 0 saturated carbocycles. The molecule has 0 aliphatic carbocycles. The molecular formula is C20H21F3N2O5. The van der Waals surface area contributed by atoms with Crippen LogP contribution in [0.2, 0.25) is 0 Å². The largest absolute Gasteiger partial charge is 0.490 e. The number of likely N-dealkylation sites (tertiary alicyclic amines) is 1. The van der Waals surface area contributed by atoms with Gasteiger partial charge in [-0.15, -0.1) is 0 Å². The molecule has 0 spiro atoms. The lowest BCUT2D eigenvalue weighted by atomic mass is 9.80. The van der Waals surface area contributed by atoms with E-state index in [1.54, 1.807) is 6.20 Å². The number of halogens is 3. The van der Waals surface area contributed by atoms with Crippen LogP contribution in [0.4, 0.5) is 13.2 Å². The second-order valence-electron chi connectivity index (χ2n) is 6.81. The highest BCUT2D eigenvalue weighted by Gasteiger charge is 2.38. The lowest BCUT2D eigenvalue weighted by Crippen LogP contribution is -2.42. The molecule has 1 aromatic carbocycles. The Balaban J connectivity index is 0.000000396. The Labute approximate surface area is 169 Å². The van der Waals surface area contributed by atoms with E-state index in [4.69, 9.17) is 9.90 Å². The summed E-state index contributed by atoms with van der Waals surface area (Å²) >= 11 is 0. The van der Waals surface area contributed by atoms with Crippen LogP contribution >= 0.6 is 0 Å². The molecule has 1 fully saturated rings. The molecule has 0 amide bonds. The smallest absolute Gasteiger partial charge is 0.481 e. The second-order valence-corrected chi connectivity index (χ2v) is 6.81. The average molecular weight is 426 g/mol. The minimum atomic E-state index is -5.08. The average Bonchev–Trinajstić information content (AvgIpc) is 2.70. The number of aromatic amines is 1. The van der Waals surface area contributed by atoms with Gasteiger partial charge in [0.1, 0.15) is 0 Å². The van der Waals surface area contributed by atoms with Gasteiger partial charge in [0, 0.05) is 30.8 Å². The van der Waals surface area contributed by atoms with Crippen LogP contribution in [-0.4, -0.2) is 51.3 Å². The zero-order valence-corrected chi connectivity index (χ0v) is 15.8. The first-order valence-electron chi connectivity index (χ1n) is 9.06. The Kier molecular flexibility index (Phi) is 7.76. The Hall–Kier alpha value is -3.14. The van der Waals surface area contributed by atoms with Crippen LogP contribution in [0.25, 0.3) is 0 Å². The van der Waals surface area contributed by atoms with E-state index in [0.29, 0.717) is 31.6 Å². The third-order valence-corrected chi connectivity index (χ3v) is 4.78. The molecule has 2 heterocycles. The Morgan fingerprint density at radius 3 is 2.27 bits per heavy atom. The highest BCUT2D eigenvalue weighted by molar-refractivity contribution is 5.73. The van der Waals surface area contributed by atoms with Gasteiger partial charge in [0.15, 0.2) is 0 Å². The van der Waals surface area contributed by atoms with E-state index in [-0.39, 0.29) is 17.4 Å². The van der Waals surface area contributed by atoms with E-state index in [1.807, 2.05) is 42.5 Å². The quantitative estimate of drug-likeness (QED) is 0.693. The summed E-state index contributed by atoms with van der Waals surface area (Å²) < 4.78 is 31.7. The summed E-state index contributed by atoms with van der Waals surface area (Å²) in [5.74, 6) is -3.92. The van der Waals surface area contributed by atoms with Crippen LogP contribution in [0.15, 0.2) is 53.5 Å². The molecule has 162 valence electrons. The number of alkyl halides is 3. The summed E-state index contributed by atoms with van der Waals surface area (Å²) in [7, 11) is 0. The first-order valence-corrected chi connectivity index (χ1v) is 9.06. The van der Waals surface area contributed by atoms with Gasteiger partial charge >= 0.3 is 18.1 Å². The van der Waals surface area contributed by atoms with E-state index in [9.17, 15) is 27.9 Å². The van der Waals surface area contributed by atoms with Gasteiger partial charge < -0.3 is 15.2 Å². The number of piperidine rings is 1. The van der Waals surface area contributed by atoms with E-state index in [1.165, 1.54) is 0 Å². The molecule has 1 saturated heterocycles. The van der Waals surface area contributed by atoms with E-state index < -0.39 is 18.1 Å². The molecule has 1 aromatic heterocycles. The molecular weight excluding hydrogens is 405 g/mol. The first-order chi connectivity index (χ1) is 14.1. The molecule has 3 rings (SSSR count). The number of carboxylic acid groups (broad SMARTS) is 2. The van der Waals surface area contributed by atoms with Gasteiger partial charge in [-0.2, -0.15) is 13.2 Å². The summed E-state index contributed by atoms with van der Waals surface area (Å²) in [4.78, 5) is 37.2. The highest BCUT2D eigenvalue weighted by Crippen LogP contribution is 2.33. The third kappa shape index (κ3) is 6.45. The Bertz CT molecular complexity index is 914. The first kappa shape index (κ1) is 23.1. The molecule has 1 aliphatic rings. The summed E-state index contributed by atoms with van der Waals surface area (Å²) in [5, 5.41) is 16.6. The van der Waals surface area contributed by atoms with Crippen LogP contribution in [0, 0.1) is 5.92 Å². The second kappa shape index (κ2) is 10.1. The number of benzene rings is 1. The molecule has 0 radical (unpaired) electrons. The summed E-state index contributed by atoms with van der Waals surface area (Å²) in [6, 6.07) is 13.4. The number of hydrogen-bond donors (Lipinski definition) is 3. The predicted octanol–water partition coefficient (Wildman–Crippen LogP) is 2.70. The fraction of sp³-hybridized carbons (Fsp3) is 0.350. The van der Waals surface area contributed by atoms with Gasteiger partial charge in [0.05, 0.1) is 5.92 Å². The minimum Gasteiger partial charge on any atom is -0.481 e. The molecule has 0 bridgehead atoms. The number of aromatic nitrogens is 1. The molecule has 1 aliphatic heterocycles. The summed E-state index contributed by atoms with van der Waals surface area (Å²) in [6.07, 6.45) is -2.87. The van der Waals surface area contributed by atoms with Crippen molar-refractivity contribution in [3.05, 3.63) is 70.1 Å². The summed E-state index contributed by atoms with van der Waals surface area (Å²) in [6.45, 7) is 1.88. The maximum Gasteiger partial charge on any atom is 0.490 e. The van der Waals surface area contributed by atoms with Crippen molar-refractivity contribution in [3.8, 4) is 0 Å². The monoisotopic (exact) mass is 426 g/mol. The maximum absolute atomic E-state index is 11.8. The zero-order chi connectivity index (χ0) is 22.3. The van der Waals surface area contributed by atoms with E-state index in [0.717, 1.165) is 5.56 Å². The lowest BCUT2D eigenvalue weighted by Gasteiger charge is -2.37. The van der Waals surface area contributed by atoms with Crippen LogP contribution in [0.3, 0.4) is 0 Å². The van der Waals surface area contributed by atoms with Gasteiger partial charge in [-0.1, -0.05) is 36.4 Å². The van der Waals surface area contributed by atoms with Gasteiger partial charge in [-0.25, -0.2) is 4.79 Å². The number of carbonyl (C=O) groups is 2. The van der Waals surface area contributed by atoms with E-state index >= 15 is 0 Å². The highest BCUT2D eigenvalue weighted by atomic mass is 19.4. The van der Waals surface area contributed by atoms with Gasteiger partial charge in [0.2, 0.25) is 0 Å². The minimum absolute atomic E-state index is 0.0507.